The topological polar surface area (TPSA) is 72.9 Å². The molecular formula is C21H23NO5. The van der Waals surface area contributed by atoms with Gasteiger partial charge in [-0.3, -0.25) is 9.59 Å². The molecule has 0 N–H and O–H groups in total. The molecular weight excluding hydrogens is 346 g/mol. The predicted molar refractivity (Wildman–Crippen MR) is 100 cm³/mol. The highest BCUT2D eigenvalue weighted by Gasteiger charge is 2.21. The summed E-state index contributed by atoms with van der Waals surface area (Å²) in [5.41, 5.74) is 1.55. The smallest absolute Gasteiger partial charge is 0.344 e. The van der Waals surface area contributed by atoms with Crippen molar-refractivity contribution in [1.29, 1.82) is 0 Å². The molecule has 0 unspecified atom stereocenters. The Morgan fingerprint density at radius 2 is 1.63 bits per heavy atom. The molecule has 142 valence electrons. The molecule has 6 heteroatoms. The van der Waals surface area contributed by atoms with Crippen molar-refractivity contribution in [1.82, 2.24) is 4.90 Å². The van der Waals surface area contributed by atoms with Gasteiger partial charge in [0.25, 0.3) is 5.91 Å². The number of esters is 1. The third-order valence-electron chi connectivity index (χ3n) is 3.91. The van der Waals surface area contributed by atoms with Crippen LogP contribution >= 0.6 is 0 Å². The van der Waals surface area contributed by atoms with Crippen LogP contribution in [0, 0.1) is 0 Å². The van der Waals surface area contributed by atoms with E-state index in [1.165, 1.54) is 18.7 Å². The van der Waals surface area contributed by atoms with E-state index in [2.05, 4.69) is 0 Å². The van der Waals surface area contributed by atoms with E-state index >= 15 is 0 Å². The van der Waals surface area contributed by atoms with Gasteiger partial charge in [-0.15, -0.1) is 0 Å². The van der Waals surface area contributed by atoms with Gasteiger partial charge >= 0.3 is 5.97 Å². The average Bonchev–Trinajstić information content (AvgIpc) is 2.66. The lowest BCUT2D eigenvalue weighted by Crippen LogP contribution is -2.37. The maximum atomic E-state index is 12.3. The predicted octanol–water partition coefficient (Wildman–Crippen LogP) is 2.86. The van der Waals surface area contributed by atoms with Crippen LogP contribution in [0.1, 0.15) is 29.8 Å². The molecule has 0 bridgehead atoms. The van der Waals surface area contributed by atoms with Crippen molar-refractivity contribution in [3.05, 3.63) is 65.7 Å². The Balaban J connectivity index is 1.80. The first-order chi connectivity index (χ1) is 12.9. The SMILES string of the molecule is CC(=O)c1ccc(OCC(=O)O[C@@H](C)C(=O)N(C)Cc2ccccc2)cc1. The van der Waals surface area contributed by atoms with E-state index in [1.54, 1.807) is 31.3 Å². The number of benzene rings is 2. The van der Waals surface area contributed by atoms with E-state index in [-0.39, 0.29) is 18.3 Å². The molecule has 0 aliphatic heterocycles. The average molecular weight is 369 g/mol. The zero-order chi connectivity index (χ0) is 19.8. The summed E-state index contributed by atoms with van der Waals surface area (Å²) in [6, 6.07) is 16.0. The lowest BCUT2D eigenvalue weighted by molar-refractivity contribution is -0.160. The van der Waals surface area contributed by atoms with E-state index in [1.807, 2.05) is 30.3 Å². The number of carbonyl (C=O) groups excluding carboxylic acids is 3. The van der Waals surface area contributed by atoms with Gasteiger partial charge in [0.05, 0.1) is 0 Å². The Labute approximate surface area is 158 Å². The van der Waals surface area contributed by atoms with Gasteiger partial charge in [0.2, 0.25) is 0 Å². The molecule has 0 aliphatic carbocycles. The van der Waals surface area contributed by atoms with Gasteiger partial charge < -0.3 is 14.4 Å². The molecule has 0 heterocycles. The fourth-order valence-electron chi connectivity index (χ4n) is 2.46. The van der Waals surface area contributed by atoms with Gasteiger partial charge in [-0.2, -0.15) is 0 Å². The van der Waals surface area contributed by atoms with Gasteiger partial charge in [0.1, 0.15) is 5.75 Å². The first kappa shape index (κ1) is 20.2. The van der Waals surface area contributed by atoms with Crippen LogP contribution in [0.15, 0.2) is 54.6 Å². The molecule has 0 saturated carbocycles. The number of amides is 1. The third kappa shape index (κ3) is 6.26. The summed E-state index contributed by atoms with van der Waals surface area (Å²) in [4.78, 5) is 37.0. The fourth-order valence-corrected chi connectivity index (χ4v) is 2.46. The minimum atomic E-state index is -0.907. The number of Topliss-reactive ketones (excluding diaryl/α,β-unsaturated/α-hetero) is 1. The lowest BCUT2D eigenvalue weighted by Gasteiger charge is -2.21. The molecule has 0 saturated heterocycles. The van der Waals surface area contributed by atoms with Crippen molar-refractivity contribution in [2.75, 3.05) is 13.7 Å². The standard InChI is InChI=1S/C21H23NO5/c1-15(23)18-9-11-19(12-10-18)26-14-20(24)27-16(2)21(25)22(3)13-17-7-5-4-6-8-17/h4-12,16H,13-14H2,1-3H3/t16-/m0/s1. The Morgan fingerprint density at radius 1 is 1.00 bits per heavy atom. The van der Waals surface area contributed by atoms with Crippen molar-refractivity contribution < 1.29 is 23.9 Å². The minimum absolute atomic E-state index is 0.0482. The summed E-state index contributed by atoms with van der Waals surface area (Å²) < 4.78 is 10.5. The molecule has 2 aromatic rings. The van der Waals surface area contributed by atoms with Crippen molar-refractivity contribution in [3.63, 3.8) is 0 Å². The maximum absolute atomic E-state index is 12.3. The molecule has 27 heavy (non-hydrogen) atoms. The van der Waals surface area contributed by atoms with Crippen molar-refractivity contribution >= 4 is 17.7 Å². The molecule has 0 spiro atoms. The van der Waals surface area contributed by atoms with Gasteiger partial charge in [-0.1, -0.05) is 30.3 Å². The second-order valence-electron chi connectivity index (χ2n) is 6.18. The van der Waals surface area contributed by atoms with Gasteiger partial charge in [-0.25, -0.2) is 4.79 Å². The van der Waals surface area contributed by atoms with Crippen LogP contribution in [0.2, 0.25) is 0 Å². The molecule has 0 aromatic heterocycles. The molecule has 1 atom stereocenters. The number of hydrogen-bond donors (Lipinski definition) is 0. The Morgan fingerprint density at radius 3 is 2.22 bits per heavy atom. The second kappa shape index (κ2) is 9.52. The number of hydrogen-bond acceptors (Lipinski definition) is 5. The largest absolute Gasteiger partial charge is 0.482 e. The van der Waals surface area contributed by atoms with E-state index in [0.29, 0.717) is 17.9 Å². The van der Waals surface area contributed by atoms with E-state index in [4.69, 9.17) is 9.47 Å². The molecule has 2 rings (SSSR count). The zero-order valence-corrected chi connectivity index (χ0v) is 15.7. The Bertz CT molecular complexity index is 786. The first-order valence-electron chi connectivity index (χ1n) is 8.59. The Kier molecular flexibility index (Phi) is 7.11. The highest BCUT2D eigenvalue weighted by atomic mass is 16.6. The molecule has 1 amide bonds. The summed E-state index contributed by atoms with van der Waals surface area (Å²) in [5.74, 6) is -0.539. The number of rotatable bonds is 8. The molecule has 0 radical (unpaired) electrons. The number of likely N-dealkylation sites (N-methyl/N-ethyl adjacent to an activating group) is 1. The zero-order valence-electron chi connectivity index (χ0n) is 15.7. The first-order valence-corrected chi connectivity index (χ1v) is 8.59. The van der Waals surface area contributed by atoms with Crippen molar-refractivity contribution in [3.8, 4) is 5.75 Å². The van der Waals surface area contributed by atoms with Crippen LogP contribution in [0.5, 0.6) is 5.75 Å². The Hall–Kier alpha value is -3.15. The van der Waals surface area contributed by atoms with E-state index in [0.717, 1.165) is 5.56 Å². The van der Waals surface area contributed by atoms with Crippen LogP contribution in [0.25, 0.3) is 0 Å². The summed E-state index contributed by atoms with van der Waals surface area (Å²) in [5, 5.41) is 0. The minimum Gasteiger partial charge on any atom is -0.482 e. The highest BCUT2D eigenvalue weighted by Crippen LogP contribution is 2.13. The van der Waals surface area contributed by atoms with Crippen LogP contribution in [-0.2, 0) is 20.9 Å². The number of ether oxygens (including phenoxy) is 2. The monoisotopic (exact) mass is 369 g/mol. The molecule has 0 aliphatic rings. The van der Waals surface area contributed by atoms with Gasteiger partial charge in [0, 0.05) is 19.2 Å². The second-order valence-corrected chi connectivity index (χ2v) is 6.18. The van der Waals surface area contributed by atoms with Crippen LogP contribution in [0.3, 0.4) is 0 Å². The summed E-state index contributed by atoms with van der Waals surface area (Å²) in [6.45, 7) is 3.11. The quantitative estimate of drug-likeness (QED) is 0.528. The normalized spacial score (nSPS) is 11.4. The van der Waals surface area contributed by atoms with Crippen molar-refractivity contribution in [2.24, 2.45) is 0 Å². The number of carbonyl (C=O) groups is 3. The van der Waals surface area contributed by atoms with Gasteiger partial charge in [0.15, 0.2) is 18.5 Å². The number of nitrogens with zero attached hydrogens (tertiary/aromatic N) is 1. The maximum Gasteiger partial charge on any atom is 0.344 e. The molecule has 6 nitrogen and oxygen atoms in total. The van der Waals surface area contributed by atoms with Crippen LogP contribution < -0.4 is 4.74 Å². The number of ketones is 1. The third-order valence-corrected chi connectivity index (χ3v) is 3.91. The highest BCUT2D eigenvalue weighted by molar-refractivity contribution is 5.94. The summed E-state index contributed by atoms with van der Waals surface area (Å²) in [7, 11) is 1.66. The molecule has 0 fully saturated rings. The van der Waals surface area contributed by atoms with Crippen molar-refractivity contribution in [2.45, 2.75) is 26.5 Å². The summed E-state index contributed by atoms with van der Waals surface area (Å²) >= 11 is 0. The summed E-state index contributed by atoms with van der Waals surface area (Å²) in [6.07, 6.45) is -0.907. The van der Waals surface area contributed by atoms with E-state index in [9.17, 15) is 14.4 Å². The van der Waals surface area contributed by atoms with Gasteiger partial charge in [-0.05, 0) is 43.7 Å². The lowest BCUT2D eigenvalue weighted by atomic mass is 10.1. The van der Waals surface area contributed by atoms with Crippen LogP contribution in [-0.4, -0.2) is 42.3 Å². The van der Waals surface area contributed by atoms with E-state index < -0.39 is 12.1 Å². The molecule has 2 aromatic carbocycles. The van der Waals surface area contributed by atoms with Crippen LogP contribution in [0.4, 0.5) is 0 Å². The fraction of sp³-hybridized carbons (Fsp3) is 0.286.